The van der Waals surface area contributed by atoms with Crippen molar-refractivity contribution in [1.82, 2.24) is 0 Å². The first-order valence-corrected chi connectivity index (χ1v) is 16.1. The van der Waals surface area contributed by atoms with Crippen molar-refractivity contribution >= 4 is 58.4 Å². The minimum atomic E-state index is -0.658. The molecule has 0 saturated heterocycles. The van der Waals surface area contributed by atoms with Crippen molar-refractivity contribution in [2.75, 3.05) is 31.9 Å². The number of rotatable bonds is 10. The predicted molar refractivity (Wildman–Crippen MR) is 203 cm³/mol. The van der Waals surface area contributed by atoms with Crippen LogP contribution < -0.4 is 46.1 Å². The molecule has 13 nitrogen and oxygen atoms in total. The Labute approximate surface area is 303 Å². The second-order valence-corrected chi connectivity index (χ2v) is 11.1. The van der Waals surface area contributed by atoms with Gasteiger partial charge in [0.1, 0.15) is 23.0 Å². The topological polar surface area (TPSA) is 168 Å². The molecule has 0 atom stereocenters. The van der Waals surface area contributed by atoms with Crippen molar-refractivity contribution in [3.05, 3.63) is 158 Å². The molecule has 0 radical (unpaired) electrons. The third-order valence-electron chi connectivity index (χ3n) is 7.10. The van der Waals surface area contributed by atoms with Crippen LogP contribution in [-0.2, 0) is 0 Å². The summed E-state index contributed by atoms with van der Waals surface area (Å²) < 4.78 is 16.4. The van der Waals surface area contributed by atoms with E-state index in [0.717, 1.165) is 0 Å². The number of urea groups is 2. The van der Waals surface area contributed by atoms with Gasteiger partial charge in [0.05, 0.1) is 0 Å². The summed E-state index contributed by atoms with van der Waals surface area (Å²) in [6.07, 6.45) is -1.32. The molecule has 6 aromatic rings. The summed E-state index contributed by atoms with van der Waals surface area (Å²) in [5.74, 6) is 1.86. The Kier molecular flexibility index (Phi) is 11.4. The number of carbonyl (C=O) groups is 4. The van der Waals surface area contributed by atoms with Crippen molar-refractivity contribution in [1.29, 1.82) is 0 Å². The van der Waals surface area contributed by atoms with Crippen LogP contribution in [0.4, 0.5) is 53.3 Å². The van der Waals surface area contributed by atoms with Crippen LogP contribution in [0.15, 0.2) is 158 Å². The quantitative estimate of drug-likeness (QED) is 0.0823. The highest BCUT2D eigenvalue weighted by Gasteiger charge is 2.10. The maximum atomic E-state index is 12.6. The number of anilines is 6. The van der Waals surface area contributed by atoms with Crippen molar-refractivity contribution in [2.24, 2.45) is 0 Å². The van der Waals surface area contributed by atoms with Gasteiger partial charge in [-0.3, -0.25) is 10.6 Å². The Morgan fingerprint density at radius 2 is 0.660 bits per heavy atom. The van der Waals surface area contributed by atoms with E-state index in [0.29, 0.717) is 57.1 Å². The summed E-state index contributed by atoms with van der Waals surface area (Å²) in [6, 6.07) is 43.2. The zero-order valence-electron chi connectivity index (χ0n) is 27.9. The van der Waals surface area contributed by atoms with Gasteiger partial charge in [-0.05, 0) is 109 Å². The number of para-hydroxylation sites is 2. The van der Waals surface area contributed by atoms with Gasteiger partial charge < -0.3 is 35.5 Å². The minimum absolute atomic E-state index is 0.406. The molecule has 6 N–H and O–H groups in total. The van der Waals surface area contributed by atoms with Gasteiger partial charge in [-0.1, -0.05) is 48.5 Å². The highest BCUT2D eigenvalue weighted by Crippen LogP contribution is 2.25. The maximum Gasteiger partial charge on any atom is 0.417 e. The van der Waals surface area contributed by atoms with Crippen LogP contribution in [0.5, 0.6) is 23.0 Å². The first-order chi connectivity index (χ1) is 25.8. The second-order valence-electron chi connectivity index (χ2n) is 11.1. The molecule has 0 aliphatic rings. The summed E-state index contributed by atoms with van der Waals surface area (Å²) in [4.78, 5) is 49.7. The molecular weight excluding hydrogens is 676 g/mol. The molecule has 0 heterocycles. The zero-order chi connectivity index (χ0) is 36.8. The van der Waals surface area contributed by atoms with Crippen LogP contribution in [0.1, 0.15) is 0 Å². The Hall–Kier alpha value is -7.80. The van der Waals surface area contributed by atoms with Gasteiger partial charge in [0.25, 0.3) is 0 Å². The number of hydrogen-bond acceptors (Lipinski definition) is 7. The lowest BCUT2D eigenvalue weighted by atomic mass is 10.2. The van der Waals surface area contributed by atoms with Crippen molar-refractivity contribution in [3.63, 3.8) is 0 Å². The molecule has 0 aliphatic heterocycles. The number of nitrogens with one attached hydrogen (secondary N) is 6. The molecule has 0 spiro atoms. The summed E-state index contributed by atoms with van der Waals surface area (Å²) in [6.45, 7) is 0. The van der Waals surface area contributed by atoms with Crippen LogP contribution in [0.25, 0.3) is 0 Å². The SMILES string of the molecule is O=C(Nc1ccc(Oc2ccc(NC(=O)Nc3cccc(NC(=O)Oc4ccccc4)c3)cc2)cc1)Nc1cccc(NC(=O)Oc2ccccc2)c1. The van der Waals surface area contributed by atoms with E-state index in [1.54, 1.807) is 146 Å². The smallest absolute Gasteiger partial charge is 0.417 e. The van der Waals surface area contributed by atoms with E-state index in [9.17, 15) is 19.2 Å². The molecule has 0 saturated carbocycles. The Morgan fingerprint density at radius 1 is 0.321 bits per heavy atom. The highest BCUT2D eigenvalue weighted by molar-refractivity contribution is 6.01. The normalized spacial score (nSPS) is 10.2. The molecule has 0 fully saturated rings. The number of benzene rings is 6. The Morgan fingerprint density at radius 3 is 1.04 bits per heavy atom. The van der Waals surface area contributed by atoms with Gasteiger partial charge in [0.15, 0.2) is 0 Å². The second kappa shape index (κ2) is 17.2. The van der Waals surface area contributed by atoms with Crippen LogP contribution in [0, 0.1) is 0 Å². The molecule has 264 valence electrons. The number of ether oxygens (including phenoxy) is 3. The highest BCUT2D eigenvalue weighted by atomic mass is 16.6. The number of carbonyl (C=O) groups excluding carboxylic acids is 4. The third kappa shape index (κ3) is 11.1. The first kappa shape index (κ1) is 35.0. The van der Waals surface area contributed by atoms with Crippen LogP contribution in [0.3, 0.4) is 0 Å². The lowest BCUT2D eigenvalue weighted by Crippen LogP contribution is -2.20. The average Bonchev–Trinajstić information content (AvgIpc) is 3.14. The molecule has 6 aromatic carbocycles. The van der Waals surface area contributed by atoms with Crippen molar-refractivity contribution in [2.45, 2.75) is 0 Å². The van der Waals surface area contributed by atoms with Crippen LogP contribution in [-0.4, -0.2) is 24.2 Å². The third-order valence-corrected chi connectivity index (χ3v) is 7.10. The predicted octanol–water partition coefficient (Wildman–Crippen LogP) is 9.99. The minimum Gasteiger partial charge on any atom is -0.457 e. The molecule has 0 aliphatic carbocycles. The van der Waals surface area contributed by atoms with E-state index < -0.39 is 24.2 Å². The van der Waals surface area contributed by atoms with Gasteiger partial charge in [0.2, 0.25) is 0 Å². The van der Waals surface area contributed by atoms with Gasteiger partial charge >= 0.3 is 24.2 Å². The summed E-state index contributed by atoms with van der Waals surface area (Å²) in [5, 5.41) is 16.2. The molecule has 53 heavy (non-hydrogen) atoms. The number of hydrogen-bond donors (Lipinski definition) is 6. The maximum absolute atomic E-state index is 12.6. The molecule has 6 amide bonds. The fraction of sp³-hybridized carbons (Fsp3) is 0. The molecule has 0 bridgehead atoms. The standard InChI is InChI=1S/C40H32N6O7/c47-37(43-29-9-7-11-31(25-29)45-39(49)52-33-13-3-1-4-14-33)41-27-17-21-35(22-18-27)51-36-23-19-28(20-24-36)42-38(48)44-30-10-8-12-32(26-30)46-40(50)53-34-15-5-2-6-16-34/h1-26H,(H,45,49)(H,46,50)(H2,41,43,47)(H2,42,44,48). The van der Waals surface area contributed by atoms with E-state index in [1.165, 1.54) is 0 Å². The average molecular weight is 709 g/mol. The molecule has 0 unspecified atom stereocenters. The summed E-state index contributed by atoms with van der Waals surface area (Å²) in [7, 11) is 0. The molecule has 0 aromatic heterocycles. The Balaban J connectivity index is 0.935. The van der Waals surface area contributed by atoms with E-state index in [4.69, 9.17) is 14.2 Å². The molecule has 6 rings (SSSR count). The van der Waals surface area contributed by atoms with Gasteiger partial charge in [-0.15, -0.1) is 0 Å². The zero-order valence-corrected chi connectivity index (χ0v) is 27.9. The van der Waals surface area contributed by atoms with E-state index >= 15 is 0 Å². The molecule has 13 heteroatoms. The van der Waals surface area contributed by atoms with Gasteiger partial charge in [-0.25, -0.2) is 19.2 Å². The van der Waals surface area contributed by atoms with Crippen LogP contribution >= 0.6 is 0 Å². The first-order valence-electron chi connectivity index (χ1n) is 16.1. The summed E-state index contributed by atoms with van der Waals surface area (Å²) >= 11 is 0. The van der Waals surface area contributed by atoms with Gasteiger partial charge in [0, 0.05) is 34.1 Å². The fourth-order valence-corrected chi connectivity index (χ4v) is 4.76. The van der Waals surface area contributed by atoms with E-state index in [-0.39, 0.29) is 0 Å². The van der Waals surface area contributed by atoms with Crippen molar-refractivity contribution < 1.29 is 33.4 Å². The Bertz CT molecular complexity index is 2030. The summed E-state index contributed by atoms with van der Waals surface area (Å²) in [5.41, 5.74) is 2.85. The lowest BCUT2D eigenvalue weighted by molar-refractivity contribution is 0.214. The fourth-order valence-electron chi connectivity index (χ4n) is 4.76. The molecular formula is C40H32N6O7. The van der Waals surface area contributed by atoms with Crippen LogP contribution in [0.2, 0.25) is 0 Å². The monoisotopic (exact) mass is 708 g/mol. The number of amides is 6. The van der Waals surface area contributed by atoms with E-state index in [2.05, 4.69) is 31.9 Å². The van der Waals surface area contributed by atoms with Gasteiger partial charge in [-0.2, -0.15) is 0 Å². The lowest BCUT2D eigenvalue weighted by Gasteiger charge is -2.12. The van der Waals surface area contributed by atoms with Crippen molar-refractivity contribution in [3.8, 4) is 23.0 Å². The largest absolute Gasteiger partial charge is 0.457 e. The van der Waals surface area contributed by atoms with E-state index in [1.807, 2.05) is 12.1 Å².